The van der Waals surface area contributed by atoms with Gasteiger partial charge in [-0.1, -0.05) is 28.9 Å². The van der Waals surface area contributed by atoms with E-state index in [4.69, 9.17) is 9.26 Å². The van der Waals surface area contributed by atoms with Crippen LogP contribution in [0, 0.1) is 6.92 Å². The lowest BCUT2D eigenvalue weighted by atomic mass is 10.1. The zero-order chi connectivity index (χ0) is 17.6. The van der Waals surface area contributed by atoms with E-state index in [9.17, 15) is 4.79 Å². The maximum absolute atomic E-state index is 12.2. The minimum atomic E-state index is -0.0531. The molecule has 3 rings (SSSR count). The Labute approximate surface area is 147 Å². The first-order valence-corrected chi connectivity index (χ1v) is 8.49. The number of aryl methyl sites for hydroxylation is 1. The normalized spacial score (nSPS) is 10.8. The van der Waals surface area contributed by atoms with Crippen molar-refractivity contribution in [3.63, 3.8) is 0 Å². The van der Waals surface area contributed by atoms with E-state index in [1.165, 1.54) is 0 Å². The molecule has 0 atom stereocenters. The number of carbonyl (C=O) groups excluding carboxylic acids is 1. The van der Waals surface area contributed by atoms with Crippen LogP contribution in [0.3, 0.4) is 0 Å². The van der Waals surface area contributed by atoms with Crippen LogP contribution < -0.4 is 10.1 Å². The maximum Gasteiger partial charge on any atom is 0.226 e. The highest BCUT2D eigenvalue weighted by Crippen LogP contribution is 2.20. The molecule has 5 heteroatoms. The van der Waals surface area contributed by atoms with Crippen molar-refractivity contribution in [1.29, 1.82) is 0 Å². The Kier molecular flexibility index (Phi) is 5.33. The Morgan fingerprint density at radius 1 is 1.20 bits per heavy atom. The fourth-order valence-corrected chi connectivity index (χ4v) is 2.71. The number of nitrogens with zero attached hydrogens (tertiary/aromatic N) is 1. The molecule has 1 N–H and O–H groups in total. The Morgan fingerprint density at radius 3 is 2.76 bits per heavy atom. The summed E-state index contributed by atoms with van der Waals surface area (Å²) in [6, 6.07) is 13.8. The summed E-state index contributed by atoms with van der Waals surface area (Å²) in [6.07, 6.45) is 0.997. The maximum atomic E-state index is 12.2. The molecular weight excluding hydrogens is 316 g/mol. The molecule has 0 fully saturated rings. The summed E-state index contributed by atoms with van der Waals surface area (Å²) in [7, 11) is 0. The van der Waals surface area contributed by atoms with Gasteiger partial charge in [0.25, 0.3) is 0 Å². The first-order chi connectivity index (χ1) is 12.2. The molecule has 2 aromatic carbocycles. The van der Waals surface area contributed by atoms with Gasteiger partial charge in [0.15, 0.2) is 5.58 Å². The van der Waals surface area contributed by atoms with Crippen molar-refractivity contribution in [3.05, 3.63) is 59.3 Å². The van der Waals surface area contributed by atoms with Crippen molar-refractivity contribution in [1.82, 2.24) is 10.5 Å². The number of amides is 1. The van der Waals surface area contributed by atoms with Gasteiger partial charge >= 0.3 is 0 Å². The number of carbonyl (C=O) groups is 1. The van der Waals surface area contributed by atoms with Gasteiger partial charge in [-0.3, -0.25) is 4.79 Å². The highest BCUT2D eigenvalue weighted by atomic mass is 16.5. The quantitative estimate of drug-likeness (QED) is 0.717. The number of fused-ring (bicyclic) bond motifs is 1. The highest BCUT2D eigenvalue weighted by molar-refractivity contribution is 5.86. The van der Waals surface area contributed by atoms with Gasteiger partial charge in [-0.15, -0.1) is 0 Å². The first-order valence-electron chi connectivity index (χ1n) is 8.49. The van der Waals surface area contributed by atoms with Crippen molar-refractivity contribution in [3.8, 4) is 5.75 Å². The van der Waals surface area contributed by atoms with E-state index in [0.717, 1.165) is 28.7 Å². The van der Waals surface area contributed by atoms with Crippen LogP contribution in [0.1, 0.15) is 23.7 Å². The molecule has 1 heterocycles. The summed E-state index contributed by atoms with van der Waals surface area (Å²) in [5, 5.41) is 7.86. The summed E-state index contributed by atoms with van der Waals surface area (Å²) in [5.74, 6) is 0.811. The zero-order valence-corrected chi connectivity index (χ0v) is 14.5. The molecule has 0 saturated carbocycles. The predicted molar refractivity (Wildman–Crippen MR) is 96.8 cm³/mol. The van der Waals surface area contributed by atoms with E-state index in [1.54, 1.807) is 0 Å². The van der Waals surface area contributed by atoms with Gasteiger partial charge in [0.2, 0.25) is 5.91 Å². The average molecular weight is 338 g/mol. The standard InChI is InChI=1S/C20H22N2O3/c1-3-24-16-7-5-15(6-8-16)10-11-21-20(23)13-18-17-12-14(2)4-9-19(17)25-22-18/h4-9,12H,3,10-11,13H2,1-2H3,(H,21,23). The smallest absolute Gasteiger partial charge is 0.226 e. The summed E-state index contributed by atoms with van der Waals surface area (Å²) in [6.45, 7) is 5.21. The lowest BCUT2D eigenvalue weighted by Gasteiger charge is -2.06. The molecule has 0 bridgehead atoms. The third kappa shape index (κ3) is 4.38. The van der Waals surface area contributed by atoms with E-state index >= 15 is 0 Å². The summed E-state index contributed by atoms with van der Waals surface area (Å²) < 4.78 is 10.7. The molecule has 0 aliphatic carbocycles. The molecule has 1 aromatic heterocycles. The van der Waals surface area contributed by atoms with Gasteiger partial charge in [0.1, 0.15) is 11.4 Å². The number of hydrogen-bond acceptors (Lipinski definition) is 4. The van der Waals surface area contributed by atoms with Crippen LogP contribution in [-0.2, 0) is 17.6 Å². The zero-order valence-electron chi connectivity index (χ0n) is 14.5. The number of ether oxygens (including phenoxy) is 1. The van der Waals surface area contributed by atoms with Crippen LogP contribution in [0.25, 0.3) is 11.0 Å². The SMILES string of the molecule is CCOc1ccc(CCNC(=O)Cc2noc3ccc(C)cc23)cc1. The van der Waals surface area contributed by atoms with E-state index in [0.29, 0.717) is 24.4 Å². The Hall–Kier alpha value is -2.82. The number of nitrogens with one attached hydrogen (secondary N) is 1. The minimum absolute atomic E-state index is 0.0531. The van der Waals surface area contributed by atoms with Crippen molar-refractivity contribution >= 4 is 16.9 Å². The van der Waals surface area contributed by atoms with Crippen molar-refractivity contribution in [2.24, 2.45) is 0 Å². The van der Waals surface area contributed by atoms with E-state index in [-0.39, 0.29) is 12.3 Å². The van der Waals surface area contributed by atoms with Gasteiger partial charge in [-0.2, -0.15) is 0 Å². The fourth-order valence-electron chi connectivity index (χ4n) is 2.71. The molecular formula is C20H22N2O3. The van der Waals surface area contributed by atoms with Gasteiger partial charge in [-0.25, -0.2) is 0 Å². The van der Waals surface area contributed by atoms with Gasteiger partial charge in [-0.05, 0) is 50.1 Å². The number of benzene rings is 2. The fraction of sp³-hybridized carbons (Fsp3) is 0.300. The molecule has 0 spiro atoms. The van der Waals surface area contributed by atoms with Crippen LogP contribution in [0.5, 0.6) is 5.75 Å². The van der Waals surface area contributed by atoms with Crippen molar-refractivity contribution in [2.75, 3.05) is 13.2 Å². The third-order valence-corrected chi connectivity index (χ3v) is 4.00. The van der Waals surface area contributed by atoms with Crippen LogP contribution in [0.2, 0.25) is 0 Å². The van der Waals surface area contributed by atoms with Crippen molar-refractivity contribution < 1.29 is 14.1 Å². The number of hydrogen-bond donors (Lipinski definition) is 1. The summed E-state index contributed by atoms with van der Waals surface area (Å²) >= 11 is 0. The van der Waals surface area contributed by atoms with Gasteiger partial charge < -0.3 is 14.6 Å². The Bertz CT molecular complexity index is 853. The van der Waals surface area contributed by atoms with Crippen LogP contribution in [-0.4, -0.2) is 24.2 Å². The lowest BCUT2D eigenvalue weighted by molar-refractivity contribution is -0.120. The molecule has 5 nitrogen and oxygen atoms in total. The summed E-state index contributed by atoms with van der Waals surface area (Å²) in [4.78, 5) is 12.2. The highest BCUT2D eigenvalue weighted by Gasteiger charge is 2.12. The molecule has 0 saturated heterocycles. The molecule has 3 aromatic rings. The largest absolute Gasteiger partial charge is 0.494 e. The third-order valence-electron chi connectivity index (χ3n) is 4.00. The van der Waals surface area contributed by atoms with E-state index in [1.807, 2.05) is 56.3 Å². The van der Waals surface area contributed by atoms with Gasteiger partial charge in [0.05, 0.1) is 13.0 Å². The topological polar surface area (TPSA) is 64.4 Å². The minimum Gasteiger partial charge on any atom is -0.494 e. The Balaban J connectivity index is 1.51. The Morgan fingerprint density at radius 2 is 2.00 bits per heavy atom. The van der Waals surface area contributed by atoms with Crippen LogP contribution >= 0.6 is 0 Å². The molecule has 25 heavy (non-hydrogen) atoms. The molecule has 0 aliphatic rings. The monoisotopic (exact) mass is 338 g/mol. The number of rotatable bonds is 7. The average Bonchev–Trinajstić information content (AvgIpc) is 2.99. The second kappa shape index (κ2) is 7.83. The lowest BCUT2D eigenvalue weighted by Crippen LogP contribution is -2.27. The molecule has 0 radical (unpaired) electrons. The van der Waals surface area contributed by atoms with E-state index < -0.39 is 0 Å². The molecule has 1 amide bonds. The predicted octanol–water partition coefficient (Wildman–Crippen LogP) is 3.44. The molecule has 0 unspecified atom stereocenters. The second-order valence-electron chi connectivity index (χ2n) is 5.98. The van der Waals surface area contributed by atoms with Crippen LogP contribution in [0.15, 0.2) is 47.0 Å². The summed E-state index contributed by atoms with van der Waals surface area (Å²) in [5.41, 5.74) is 3.67. The first kappa shape index (κ1) is 17.0. The number of aromatic nitrogens is 1. The van der Waals surface area contributed by atoms with Crippen molar-refractivity contribution in [2.45, 2.75) is 26.7 Å². The second-order valence-corrected chi connectivity index (χ2v) is 5.98. The molecule has 130 valence electrons. The molecule has 0 aliphatic heterocycles. The van der Waals surface area contributed by atoms with Crippen LogP contribution in [0.4, 0.5) is 0 Å². The van der Waals surface area contributed by atoms with E-state index in [2.05, 4.69) is 10.5 Å². The van der Waals surface area contributed by atoms with Gasteiger partial charge in [0, 0.05) is 11.9 Å².